The van der Waals surface area contributed by atoms with E-state index in [1.807, 2.05) is 12.1 Å². The van der Waals surface area contributed by atoms with Gasteiger partial charge in [0.05, 0.1) is 11.1 Å². The first-order chi connectivity index (χ1) is 13.5. The van der Waals surface area contributed by atoms with E-state index in [0.717, 1.165) is 36.9 Å². The molecule has 146 valence electrons. The first-order valence-electron chi connectivity index (χ1n) is 9.05. The fourth-order valence-electron chi connectivity index (χ4n) is 3.15. The number of hydrogen-bond donors (Lipinski definition) is 1. The predicted molar refractivity (Wildman–Crippen MR) is 111 cm³/mol. The molecule has 0 unspecified atom stereocenters. The highest BCUT2D eigenvalue weighted by Gasteiger charge is 2.24. The Balaban J connectivity index is 1.43. The van der Waals surface area contributed by atoms with Gasteiger partial charge in [-0.1, -0.05) is 28.1 Å². The molecule has 0 saturated carbocycles. The van der Waals surface area contributed by atoms with E-state index in [1.54, 1.807) is 12.1 Å². The number of nitrogens with zero attached hydrogens (tertiary/aromatic N) is 3. The van der Waals surface area contributed by atoms with Crippen LogP contribution in [0.5, 0.6) is 0 Å². The minimum atomic E-state index is -0.453. The van der Waals surface area contributed by atoms with Crippen LogP contribution < -0.4 is 5.43 Å². The van der Waals surface area contributed by atoms with Crippen molar-refractivity contribution in [2.45, 2.75) is 19.4 Å². The zero-order valence-electron chi connectivity index (χ0n) is 15.3. The van der Waals surface area contributed by atoms with Crippen LogP contribution in [0.4, 0.5) is 5.69 Å². The third kappa shape index (κ3) is 5.71. The molecule has 0 aliphatic carbocycles. The molecule has 0 atom stereocenters. The lowest BCUT2D eigenvalue weighted by Crippen LogP contribution is -2.39. The van der Waals surface area contributed by atoms with Crippen molar-refractivity contribution in [3.63, 3.8) is 0 Å². The summed E-state index contributed by atoms with van der Waals surface area (Å²) in [5, 5.41) is 14.6. The Kier molecular flexibility index (Phi) is 6.89. The second kappa shape index (κ2) is 9.57. The van der Waals surface area contributed by atoms with Crippen molar-refractivity contribution in [3.05, 3.63) is 74.2 Å². The first-order valence-corrected chi connectivity index (χ1v) is 9.85. The quantitative estimate of drug-likeness (QED) is 0.417. The lowest BCUT2D eigenvalue weighted by atomic mass is 9.96. The van der Waals surface area contributed by atoms with E-state index in [2.05, 4.69) is 43.5 Å². The highest BCUT2D eigenvalue weighted by Crippen LogP contribution is 2.20. The minimum Gasteiger partial charge on any atom is -0.299 e. The molecule has 0 aromatic heterocycles. The largest absolute Gasteiger partial charge is 0.299 e. The van der Waals surface area contributed by atoms with Gasteiger partial charge in [-0.15, -0.1) is 0 Å². The van der Waals surface area contributed by atoms with Crippen molar-refractivity contribution in [2.24, 2.45) is 11.0 Å². The standard InChI is InChI=1S/C20H21BrN4O3/c21-18-5-1-16(2-6-18)14-24-11-9-17(10-12-24)20(26)23-22-13-15-3-7-19(8-4-15)25(27)28/h1-8,13,17H,9-12,14H2,(H,23,26)/b22-13-. The van der Waals surface area contributed by atoms with Gasteiger partial charge in [0.25, 0.3) is 5.69 Å². The van der Waals surface area contributed by atoms with Crippen molar-refractivity contribution in [1.29, 1.82) is 0 Å². The molecule has 0 bridgehead atoms. The van der Waals surface area contributed by atoms with Crippen LogP contribution >= 0.6 is 15.9 Å². The highest BCUT2D eigenvalue weighted by atomic mass is 79.9. The Labute approximate surface area is 171 Å². The number of nitro groups is 1. The average molecular weight is 445 g/mol. The van der Waals surface area contributed by atoms with Gasteiger partial charge in [0.1, 0.15) is 0 Å². The molecule has 1 N–H and O–H groups in total. The van der Waals surface area contributed by atoms with E-state index < -0.39 is 4.92 Å². The number of benzene rings is 2. The molecule has 1 amide bonds. The highest BCUT2D eigenvalue weighted by molar-refractivity contribution is 9.10. The van der Waals surface area contributed by atoms with Crippen molar-refractivity contribution < 1.29 is 9.72 Å². The Bertz CT molecular complexity index is 845. The lowest BCUT2D eigenvalue weighted by Gasteiger charge is -2.30. The van der Waals surface area contributed by atoms with Crippen molar-refractivity contribution in [2.75, 3.05) is 13.1 Å². The van der Waals surface area contributed by atoms with E-state index in [9.17, 15) is 14.9 Å². The summed E-state index contributed by atoms with van der Waals surface area (Å²) >= 11 is 3.44. The van der Waals surface area contributed by atoms with E-state index in [-0.39, 0.29) is 17.5 Å². The van der Waals surface area contributed by atoms with Crippen LogP contribution in [0, 0.1) is 16.0 Å². The van der Waals surface area contributed by atoms with E-state index in [1.165, 1.54) is 23.9 Å². The topological polar surface area (TPSA) is 87.8 Å². The molecular weight excluding hydrogens is 424 g/mol. The van der Waals surface area contributed by atoms with Crippen molar-refractivity contribution in [3.8, 4) is 0 Å². The zero-order valence-corrected chi connectivity index (χ0v) is 16.8. The smallest absolute Gasteiger partial charge is 0.269 e. The number of nitro benzene ring substituents is 1. The number of carbonyl (C=O) groups is 1. The summed E-state index contributed by atoms with van der Waals surface area (Å²) in [6.45, 7) is 2.64. The van der Waals surface area contributed by atoms with Crippen LogP contribution in [0.1, 0.15) is 24.0 Å². The normalized spacial score (nSPS) is 15.6. The number of hydrogen-bond acceptors (Lipinski definition) is 5. The van der Waals surface area contributed by atoms with E-state index in [0.29, 0.717) is 5.56 Å². The zero-order chi connectivity index (χ0) is 19.9. The lowest BCUT2D eigenvalue weighted by molar-refractivity contribution is -0.384. The minimum absolute atomic E-state index is 0.0242. The third-order valence-corrected chi connectivity index (χ3v) is 5.30. The molecule has 0 spiro atoms. The SMILES string of the molecule is O=C(N/N=C\c1ccc([N+](=O)[O-])cc1)C1CCN(Cc2ccc(Br)cc2)CC1. The number of rotatable bonds is 6. The fourth-order valence-corrected chi connectivity index (χ4v) is 3.41. The molecule has 8 heteroatoms. The molecule has 3 rings (SSSR count). The maximum Gasteiger partial charge on any atom is 0.269 e. The summed E-state index contributed by atoms with van der Waals surface area (Å²) < 4.78 is 1.07. The number of amides is 1. The molecule has 2 aromatic carbocycles. The average Bonchev–Trinajstić information content (AvgIpc) is 2.70. The van der Waals surface area contributed by atoms with Crippen LogP contribution in [0.2, 0.25) is 0 Å². The molecule has 1 fully saturated rings. The van der Waals surface area contributed by atoms with Gasteiger partial charge in [0, 0.05) is 29.1 Å². The van der Waals surface area contributed by atoms with E-state index >= 15 is 0 Å². The van der Waals surface area contributed by atoms with Crippen LogP contribution in [-0.2, 0) is 11.3 Å². The monoisotopic (exact) mass is 444 g/mol. The number of hydrazone groups is 1. The van der Waals surface area contributed by atoms with Crippen LogP contribution in [0.3, 0.4) is 0 Å². The van der Waals surface area contributed by atoms with Crippen molar-refractivity contribution >= 4 is 33.7 Å². The second-order valence-corrected chi connectivity index (χ2v) is 7.68. The summed E-state index contributed by atoms with van der Waals surface area (Å²) in [6.07, 6.45) is 3.09. The fraction of sp³-hybridized carbons (Fsp3) is 0.300. The number of non-ortho nitro benzene ring substituents is 1. The van der Waals surface area contributed by atoms with Gasteiger partial charge in [0.15, 0.2) is 0 Å². The molecule has 1 saturated heterocycles. The van der Waals surface area contributed by atoms with Gasteiger partial charge < -0.3 is 0 Å². The molecular formula is C20H21BrN4O3. The maximum atomic E-state index is 12.3. The molecule has 28 heavy (non-hydrogen) atoms. The summed E-state index contributed by atoms with van der Waals surface area (Å²) in [5.74, 6) is -0.128. The predicted octanol–water partition coefficient (Wildman–Crippen LogP) is 3.72. The molecule has 1 heterocycles. The number of halogens is 1. The Morgan fingerprint density at radius 3 is 2.43 bits per heavy atom. The number of piperidine rings is 1. The van der Waals surface area contributed by atoms with Gasteiger partial charge >= 0.3 is 0 Å². The number of carbonyl (C=O) groups excluding carboxylic acids is 1. The van der Waals surface area contributed by atoms with Gasteiger partial charge in [-0.3, -0.25) is 19.8 Å². The molecule has 0 radical (unpaired) electrons. The number of likely N-dealkylation sites (tertiary alicyclic amines) is 1. The summed E-state index contributed by atoms with van der Waals surface area (Å²) in [5.41, 5.74) is 4.56. The van der Waals surface area contributed by atoms with Crippen LogP contribution in [0.15, 0.2) is 58.1 Å². The van der Waals surface area contributed by atoms with Gasteiger partial charge in [-0.2, -0.15) is 5.10 Å². The van der Waals surface area contributed by atoms with E-state index in [4.69, 9.17) is 0 Å². The summed E-state index contributed by atoms with van der Waals surface area (Å²) in [4.78, 5) is 24.8. The van der Waals surface area contributed by atoms with Gasteiger partial charge in [-0.05, 0) is 61.3 Å². The maximum absolute atomic E-state index is 12.3. The summed E-state index contributed by atoms with van der Waals surface area (Å²) in [7, 11) is 0. The van der Waals surface area contributed by atoms with Gasteiger partial charge in [0.2, 0.25) is 5.91 Å². The Hall–Kier alpha value is -2.58. The second-order valence-electron chi connectivity index (χ2n) is 6.76. The van der Waals surface area contributed by atoms with Gasteiger partial charge in [-0.25, -0.2) is 5.43 Å². The molecule has 7 nitrogen and oxygen atoms in total. The molecule has 1 aliphatic heterocycles. The molecule has 1 aliphatic rings. The molecule has 2 aromatic rings. The van der Waals surface area contributed by atoms with Crippen LogP contribution in [0.25, 0.3) is 0 Å². The summed E-state index contributed by atoms with van der Waals surface area (Å²) in [6, 6.07) is 14.3. The van der Waals surface area contributed by atoms with Crippen molar-refractivity contribution in [1.82, 2.24) is 10.3 Å². The Morgan fingerprint density at radius 2 is 1.82 bits per heavy atom. The Morgan fingerprint density at radius 1 is 1.18 bits per heavy atom. The first kappa shape index (κ1) is 20.2. The third-order valence-electron chi connectivity index (χ3n) is 4.77. The van der Waals surface area contributed by atoms with Crippen LogP contribution in [-0.4, -0.2) is 35.0 Å². The number of nitrogens with one attached hydrogen (secondary N) is 1.